The lowest BCUT2D eigenvalue weighted by Crippen LogP contribution is -2.42. The number of anilines is 1. The number of aromatic nitrogens is 2. The predicted molar refractivity (Wildman–Crippen MR) is 92.8 cm³/mol. The van der Waals surface area contributed by atoms with E-state index in [-0.39, 0.29) is 0 Å². The highest BCUT2D eigenvalue weighted by Crippen LogP contribution is 2.34. The van der Waals surface area contributed by atoms with Crippen LogP contribution in [-0.2, 0) is 0 Å². The summed E-state index contributed by atoms with van der Waals surface area (Å²) >= 11 is 1.80. The summed E-state index contributed by atoms with van der Waals surface area (Å²) in [6.07, 6.45) is 8.48. The minimum atomic E-state index is 0.624. The van der Waals surface area contributed by atoms with Crippen LogP contribution in [0.1, 0.15) is 37.7 Å². The lowest BCUT2D eigenvalue weighted by atomic mass is 10.1. The summed E-state index contributed by atoms with van der Waals surface area (Å²) in [6.45, 7) is 7.05. The Morgan fingerprint density at radius 3 is 2.86 bits per heavy atom. The van der Waals surface area contributed by atoms with Crippen molar-refractivity contribution in [2.75, 3.05) is 31.1 Å². The summed E-state index contributed by atoms with van der Waals surface area (Å²) in [5.74, 6) is 1.17. The van der Waals surface area contributed by atoms with Gasteiger partial charge in [-0.25, -0.2) is 9.97 Å². The van der Waals surface area contributed by atoms with Crippen LogP contribution in [0.4, 0.5) is 5.82 Å². The number of likely N-dealkylation sites (tertiary alicyclic amines) is 1. The molecule has 1 atom stereocenters. The molecule has 22 heavy (non-hydrogen) atoms. The van der Waals surface area contributed by atoms with Gasteiger partial charge in [0.25, 0.3) is 0 Å². The molecule has 0 saturated carbocycles. The molecule has 0 bridgehead atoms. The van der Waals surface area contributed by atoms with Crippen molar-refractivity contribution in [2.45, 2.75) is 45.1 Å². The van der Waals surface area contributed by atoms with Crippen molar-refractivity contribution in [1.82, 2.24) is 14.9 Å². The lowest BCUT2D eigenvalue weighted by Gasteiger charge is -2.33. The van der Waals surface area contributed by atoms with Gasteiger partial charge in [0, 0.05) is 19.1 Å². The van der Waals surface area contributed by atoms with E-state index in [1.165, 1.54) is 67.8 Å². The number of hydrogen-bond donors (Lipinski definition) is 0. The molecule has 118 valence electrons. The van der Waals surface area contributed by atoms with Gasteiger partial charge in [-0.3, -0.25) is 0 Å². The summed E-state index contributed by atoms with van der Waals surface area (Å²) in [5, 5.41) is 2.21. The van der Waals surface area contributed by atoms with Crippen LogP contribution >= 0.6 is 11.3 Å². The molecule has 2 aromatic heterocycles. The summed E-state index contributed by atoms with van der Waals surface area (Å²) in [4.78, 5) is 14.3. The van der Waals surface area contributed by atoms with Crippen molar-refractivity contribution in [3.05, 3.63) is 17.3 Å². The van der Waals surface area contributed by atoms with Crippen LogP contribution in [0.25, 0.3) is 10.2 Å². The Morgan fingerprint density at radius 1 is 1.14 bits per heavy atom. The molecule has 2 aliphatic heterocycles. The van der Waals surface area contributed by atoms with Crippen LogP contribution in [0.15, 0.2) is 11.7 Å². The van der Waals surface area contributed by atoms with Crippen molar-refractivity contribution in [3.63, 3.8) is 0 Å². The van der Waals surface area contributed by atoms with Gasteiger partial charge in [-0.15, -0.1) is 11.3 Å². The molecule has 0 spiro atoms. The molecule has 4 rings (SSSR count). The standard InChI is InChI=1S/C17H24N4S/c1-13-11-22-16-15(13)18-12-19-17(16)21-9-5-6-14(21)10-20-7-3-2-4-8-20/h11-12,14H,2-10H2,1H3/t14-/m0/s1. The van der Waals surface area contributed by atoms with Crippen LogP contribution < -0.4 is 4.90 Å². The SMILES string of the molecule is Cc1csc2c(N3CCC[C@H]3CN3CCCCC3)ncnc12. The third kappa shape index (κ3) is 2.61. The number of hydrogen-bond acceptors (Lipinski definition) is 5. The largest absolute Gasteiger partial charge is 0.351 e. The highest BCUT2D eigenvalue weighted by Gasteiger charge is 2.29. The molecular formula is C17H24N4S. The van der Waals surface area contributed by atoms with E-state index in [0.717, 1.165) is 12.1 Å². The fourth-order valence-electron chi connectivity index (χ4n) is 3.91. The third-order valence-corrected chi connectivity index (χ3v) is 6.16. The van der Waals surface area contributed by atoms with Gasteiger partial charge in [0.2, 0.25) is 0 Å². The van der Waals surface area contributed by atoms with E-state index in [9.17, 15) is 0 Å². The van der Waals surface area contributed by atoms with Crippen molar-refractivity contribution < 1.29 is 0 Å². The average Bonchev–Trinajstić information content (AvgIpc) is 3.16. The maximum Gasteiger partial charge on any atom is 0.150 e. The first-order chi connectivity index (χ1) is 10.8. The molecular weight excluding hydrogens is 292 g/mol. The minimum absolute atomic E-state index is 0.624. The normalized spacial score (nSPS) is 23.5. The molecule has 2 saturated heterocycles. The third-order valence-electron chi connectivity index (χ3n) is 5.08. The van der Waals surface area contributed by atoms with Crippen LogP contribution in [0.5, 0.6) is 0 Å². The Kier molecular flexibility index (Phi) is 4.01. The van der Waals surface area contributed by atoms with E-state index in [4.69, 9.17) is 0 Å². The van der Waals surface area contributed by atoms with Gasteiger partial charge >= 0.3 is 0 Å². The van der Waals surface area contributed by atoms with Gasteiger partial charge in [0.1, 0.15) is 12.1 Å². The van der Waals surface area contributed by atoms with Crippen LogP contribution in [0.2, 0.25) is 0 Å². The van der Waals surface area contributed by atoms with Gasteiger partial charge in [-0.05, 0) is 56.6 Å². The van der Waals surface area contributed by atoms with Crippen molar-refractivity contribution in [2.24, 2.45) is 0 Å². The lowest BCUT2D eigenvalue weighted by molar-refractivity contribution is 0.216. The molecule has 5 heteroatoms. The average molecular weight is 316 g/mol. The molecule has 2 aromatic rings. The fraction of sp³-hybridized carbons (Fsp3) is 0.647. The van der Waals surface area contributed by atoms with E-state index in [1.807, 2.05) is 0 Å². The fourth-order valence-corrected chi connectivity index (χ4v) is 4.91. The van der Waals surface area contributed by atoms with Gasteiger partial charge in [0.05, 0.1) is 10.2 Å². The van der Waals surface area contributed by atoms with Crippen molar-refractivity contribution in [1.29, 1.82) is 0 Å². The second-order valence-electron chi connectivity index (χ2n) is 6.64. The van der Waals surface area contributed by atoms with Gasteiger partial charge in [-0.2, -0.15) is 0 Å². The Morgan fingerprint density at radius 2 is 2.00 bits per heavy atom. The first-order valence-electron chi connectivity index (χ1n) is 8.51. The minimum Gasteiger partial charge on any atom is -0.351 e. The zero-order chi connectivity index (χ0) is 14.9. The maximum absolute atomic E-state index is 4.65. The topological polar surface area (TPSA) is 32.3 Å². The molecule has 0 amide bonds. The monoisotopic (exact) mass is 316 g/mol. The highest BCUT2D eigenvalue weighted by molar-refractivity contribution is 7.18. The molecule has 2 fully saturated rings. The summed E-state index contributed by atoms with van der Waals surface area (Å²) in [7, 11) is 0. The van der Waals surface area contributed by atoms with Crippen LogP contribution in [0.3, 0.4) is 0 Å². The molecule has 0 aromatic carbocycles. The van der Waals surface area contributed by atoms with Crippen LogP contribution in [-0.4, -0.2) is 47.1 Å². The quantitative estimate of drug-likeness (QED) is 0.868. The van der Waals surface area contributed by atoms with Gasteiger partial charge < -0.3 is 9.80 Å². The number of fused-ring (bicyclic) bond motifs is 1. The van der Waals surface area contributed by atoms with E-state index in [2.05, 4.69) is 32.1 Å². The second-order valence-corrected chi connectivity index (χ2v) is 7.52. The maximum atomic E-state index is 4.65. The Labute approximate surface area is 136 Å². The summed E-state index contributed by atoms with van der Waals surface area (Å²) < 4.78 is 1.27. The summed E-state index contributed by atoms with van der Waals surface area (Å²) in [5.41, 5.74) is 2.41. The van der Waals surface area contributed by atoms with Gasteiger partial charge in [-0.1, -0.05) is 6.42 Å². The smallest absolute Gasteiger partial charge is 0.150 e. The van der Waals surface area contributed by atoms with E-state index in [1.54, 1.807) is 17.7 Å². The zero-order valence-electron chi connectivity index (χ0n) is 13.3. The first kappa shape index (κ1) is 14.4. The highest BCUT2D eigenvalue weighted by atomic mass is 32.1. The molecule has 0 unspecified atom stereocenters. The number of nitrogens with zero attached hydrogens (tertiary/aromatic N) is 4. The Hall–Kier alpha value is -1.20. The van der Waals surface area contributed by atoms with E-state index in [0.29, 0.717) is 6.04 Å². The second kappa shape index (κ2) is 6.13. The predicted octanol–water partition coefficient (Wildman–Crippen LogP) is 3.45. The number of rotatable bonds is 3. The summed E-state index contributed by atoms with van der Waals surface area (Å²) in [6, 6.07) is 0.624. The Bertz CT molecular complexity index is 647. The Balaban J connectivity index is 1.59. The molecule has 4 heterocycles. The molecule has 0 radical (unpaired) electrons. The molecule has 2 aliphatic rings. The zero-order valence-corrected chi connectivity index (χ0v) is 14.1. The van der Waals surface area contributed by atoms with Crippen molar-refractivity contribution >= 4 is 27.4 Å². The first-order valence-corrected chi connectivity index (χ1v) is 9.38. The van der Waals surface area contributed by atoms with E-state index < -0.39 is 0 Å². The number of aryl methyl sites for hydroxylation is 1. The van der Waals surface area contributed by atoms with Crippen LogP contribution in [0, 0.1) is 6.92 Å². The molecule has 0 aliphatic carbocycles. The molecule has 0 N–H and O–H groups in total. The molecule has 4 nitrogen and oxygen atoms in total. The number of piperidine rings is 1. The van der Waals surface area contributed by atoms with Crippen molar-refractivity contribution in [3.8, 4) is 0 Å². The van der Waals surface area contributed by atoms with E-state index >= 15 is 0 Å². The van der Waals surface area contributed by atoms with Gasteiger partial charge in [0.15, 0.2) is 0 Å². The number of thiophene rings is 1.